The summed E-state index contributed by atoms with van der Waals surface area (Å²) < 4.78 is 0. The van der Waals surface area contributed by atoms with E-state index >= 15 is 0 Å². The summed E-state index contributed by atoms with van der Waals surface area (Å²) in [5, 5.41) is 3.14. The lowest BCUT2D eigenvalue weighted by atomic mass is 10.1. The lowest BCUT2D eigenvalue weighted by Gasteiger charge is -2.26. The first-order chi connectivity index (χ1) is 11.6. The van der Waals surface area contributed by atoms with E-state index in [1.54, 1.807) is 0 Å². The van der Waals surface area contributed by atoms with Crippen molar-refractivity contribution >= 4 is 23.5 Å². The molecule has 1 atom stereocenters. The van der Waals surface area contributed by atoms with Crippen molar-refractivity contribution in [3.05, 3.63) is 64.7 Å². The third-order valence-corrected chi connectivity index (χ3v) is 5.70. The van der Waals surface area contributed by atoms with Gasteiger partial charge >= 0.3 is 6.03 Å². The molecule has 2 aromatic carbocycles. The Kier molecular flexibility index (Phi) is 5.14. The van der Waals surface area contributed by atoms with Crippen molar-refractivity contribution in [1.82, 2.24) is 4.90 Å². The second-order valence-corrected chi connectivity index (χ2v) is 7.45. The summed E-state index contributed by atoms with van der Waals surface area (Å²) in [6.07, 6.45) is 1.01. The van der Waals surface area contributed by atoms with E-state index in [0.29, 0.717) is 0 Å². The molecule has 0 aromatic heterocycles. The molecule has 0 radical (unpaired) electrons. The molecule has 1 fully saturated rings. The Hall–Kier alpha value is -1.94. The Bertz CT molecular complexity index is 727. The largest absolute Gasteiger partial charge is 0.323 e. The standard InChI is InChI=1S/C20H24N2OS/c1-4-16-6-8-17(9-7-16)21-20(23)22-11-12-24-19(22)18-10-5-14(2)13-15(18)3/h5-10,13,19H,4,11-12H2,1-3H3,(H,21,23)/t19-/m1/s1. The van der Waals surface area contributed by atoms with Gasteiger partial charge in [0.15, 0.2) is 0 Å². The van der Waals surface area contributed by atoms with Gasteiger partial charge in [-0.2, -0.15) is 0 Å². The van der Waals surface area contributed by atoms with E-state index in [1.807, 2.05) is 28.8 Å². The second kappa shape index (κ2) is 7.31. The predicted molar refractivity (Wildman–Crippen MR) is 103 cm³/mol. The molecule has 3 rings (SSSR count). The lowest BCUT2D eigenvalue weighted by Crippen LogP contribution is -2.34. The van der Waals surface area contributed by atoms with Crippen molar-refractivity contribution in [2.45, 2.75) is 32.6 Å². The van der Waals surface area contributed by atoms with Crippen LogP contribution in [0.15, 0.2) is 42.5 Å². The first-order valence-corrected chi connectivity index (χ1v) is 9.48. The summed E-state index contributed by atoms with van der Waals surface area (Å²) in [6.45, 7) is 7.13. The van der Waals surface area contributed by atoms with Gasteiger partial charge in [-0.3, -0.25) is 0 Å². The summed E-state index contributed by atoms with van der Waals surface area (Å²) in [4.78, 5) is 14.7. The molecule has 4 heteroatoms. The fourth-order valence-corrected chi connectivity index (χ4v) is 4.41. The van der Waals surface area contributed by atoms with Crippen molar-refractivity contribution in [2.24, 2.45) is 0 Å². The van der Waals surface area contributed by atoms with Crippen LogP contribution in [0, 0.1) is 13.8 Å². The fourth-order valence-electron chi connectivity index (χ4n) is 3.06. The zero-order chi connectivity index (χ0) is 17.1. The Labute approximate surface area is 148 Å². The van der Waals surface area contributed by atoms with Crippen LogP contribution in [-0.4, -0.2) is 23.2 Å². The van der Waals surface area contributed by atoms with Gasteiger partial charge in [-0.15, -0.1) is 11.8 Å². The van der Waals surface area contributed by atoms with Crippen LogP contribution in [0.5, 0.6) is 0 Å². The normalized spacial score (nSPS) is 17.1. The molecule has 0 unspecified atom stereocenters. The van der Waals surface area contributed by atoms with Gasteiger partial charge in [-0.25, -0.2) is 4.79 Å². The number of rotatable bonds is 3. The zero-order valence-electron chi connectivity index (χ0n) is 14.5. The Morgan fingerprint density at radius 3 is 2.62 bits per heavy atom. The van der Waals surface area contributed by atoms with Crippen LogP contribution in [0.2, 0.25) is 0 Å². The van der Waals surface area contributed by atoms with Gasteiger partial charge < -0.3 is 10.2 Å². The Morgan fingerprint density at radius 2 is 1.96 bits per heavy atom. The number of aryl methyl sites for hydroxylation is 3. The zero-order valence-corrected chi connectivity index (χ0v) is 15.3. The second-order valence-electron chi connectivity index (χ2n) is 6.26. The molecule has 2 aromatic rings. The summed E-state index contributed by atoms with van der Waals surface area (Å²) >= 11 is 1.83. The molecule has 3 nitrogen and oxygen atoms in total. The number of nitrogens with zero attached hydrogens (tertiary/aromatic N) is 1. The third kappa shape index (κ3) is 3.59. The molecular formula is C20H24N2OS. The summed E-state index contributed by atoms with van der Waals surface area (Å²) in [6, 6.07) is 14.5. The van der Waals surface area contributed by atoms with E-state index in [4.69, 9.17) is 0 Å². The van der Waals surface area contributed by atoms with Crippen molar-refractivity contribution < 1.29 is 4.79 Å². The van der Waals surface area contributed by atoms with E-state index in [1.165, 1.54) is 22.3 Å². The fraction of sp³-hybridized carbons (Fsp3) is 0.350. The predicted octanol–water partition coefficient (Wildman–Crippen LogP) is 5.15. The highest BCUT2D eigenvalue weighted by Gasteiger charge is 2.31. The van der Waals surface area contributed by atoms with Crippen LogP contribution >= 0.6 is 11.8 Å². The van der Waals surface area contributed by atoms with E-state index in [2.05, 4.69) is 56.4 Å². The van der Waals surface area contributed by atoms with Crippen molar-refractivity contribution in [1.29, 1.82) is 0 Å². The highest BCUT2D eigenvalue weighted by molar-refractivity contribution is 7.99. The number of hydrogen-bond donors (Lipinski definition) is 1. The number of thioether (sulfide) groups is 1. The van der Waals surface area contributed by atoms with Crippen LogP contribution in [0.4, 0.5) is 10.5 Å². The monoisotopic (exact) mass is 340 g/mol. The molecule has 1 N–H and O–H groups in total. The number of anilines is 1. The molecule has 1 heterocycles. The highest BCUT2D eigenvalue weighted by atomic mass is 32.2. The molecule has 0 bridgehead atoms. The first kappa shape index (κ1) is 16.9. The molecule has 0 saturated carbocycles. The summed E-state index contributed by atoms with van der Waals surface area (Å²) in [5.41, 5.74) is 5.87. The molecule has 1 aliphatic heterocycles. The topological polar surface area (TPSA) is 32.3 Å². The maximum Gasteiger partial charge on any atom is 0.323 e. The summed E-state index contributed by atoms with van der Waals surface area (Å²) in [7, 11) is 0. The quantitative estimate of drug-likeness (QED) is 0.838. The van der Waals surface area contributed by atoms with Crippen LogP contribution in [-0.2, 0) is 6.42 Å². The summed E-state index contributed by atoms with van der Waals surface area (Å²) in [5.74, 6) is 0.972. The number of carbonyl (C=O) groups excluding carboxylic acids is 1. The number of urea groups is 1. The average Bonchev–Trinajstić information content (AvgIpc) is 3.05. The minimum absolute atomic E-state index is 0.0192. The van der Waals surface area contributed by atoms with Crippen LogP contribution in [0.25, 0.3) is 0 Å². The van der Waals surface area contributed by atoms with Gasteiger partial charge in [0.25, 0.3) is 0 Å². The van der Waals surface area contributed by atoms with Gasteiger partial charge in [0.1, 0.15) is 5.37 Å². The van der Waals surface area contributed by atoms with Crippen LogP contribution < -0.4 is 5.32 Å². The van der Waals surface area contributed by atoms with E-state index in [-0.39, 0.29) is 11.4 Å². The molecule has 1 saturated heterocycles. The van der Waals surface area contributed by atoms with Crippen molar-refractivity contribution in [3.8, 4) is 0 Å². The average molecular weight is 340 g/mol. The number of nitrogens with one attached hydrogen (secondary N) is 1. The van der Waals surface area contributed by atoms with Crippen LogP contribution in [0.3, 0.4) is 0 Å². The number of carbonyl (C=O) groups is 1. The number of benzene rings is 2. The molecule has 1 aliphatic rings. The third-order valence-electron chi connectivity index (χ3n) is 4.46. The lowest BCUT2D eigenvalue weighted by molar-refractivity contribution is 0.214. The Balaban J connectivity index is 1.75. The molecule has 2 amide bonds. The number of hydrogen-bond acceptors (Lipinski definition) is 2. The van der Waals surface area contributed by atoms with Crippen LogP contribution in [0.1, 0.15) is 34.6 Å². The highest BCUT2D eigenvalue weighted by Crippen LogP contribution is 2.39. The molecule has 0 aliphatic carbocycles. The van der Waals surface area contributed by atoms with Crippen molar-refractivity contribution in [2.75, 3.05) is 17.6 Å². The van der Waals surface area contributed by atoms with Crippen molar-refractivity contribution in [3.63, 3.8) is 0 Å². The van der Waals surface area contributed by atoms with Gasteiger partial charge in [0, 0.05) is 18.0 Å². The maximum absolute atomic E-state index is 12.7. The molecule has 126 valence electrons. The van der Waals surface area contributed by atoms with Gasteiger partial charge in [-0.1, -0.05) is 42.8 Å². The minimum atomic E-state index is -0.0192. The molecular weight excluding hydrogens is 316 g/mol. The molecule has 0 spiro atoms. The Morgan fingerprint density at radius 1 is 1.21 bits per heavy atom. The van der Waals surface area contributed by atoms with E-state index in [9.17, 15) is 4.79 Å². The maximum atomic E-state index is 12.7. The van der Waals surface area contributed by atoms with Gasteiger partial charge in [-0.05, 0) is 49.1 Å². The van der Waals surface area contributed by atoms with E-state index in [0.717, 1.165) is 24.4 Å². The first-order valence-electron chi connectivity index (χ1n) is 8.44. The van der Waals surface area contributed by atoms with Gasteiger partial charge in [0.2, 0.25) is 0 Å². The smallest absolute Gasteiger partial charge is 0.308 e. The SMILES string of the molecule is CCc1ccc(NC(=O)N2CCS[C@@H]2c2ccc(C)cc2C)cc1. The minimum Gasteiger partial charge on any atom is -0.308 e. The van der Waals surface area contributed by atoms with E-state index < -0.39 is 0 Å². The number of amides is 2. The van der Waals surface area contributed by atoms with Gasteiger partial charge in [0.05, 0.1) is 0 Å². The molecule has 24 heavy (non-hydrogen) atoms.